The lowest BCUT2D eigenvalue weighted by Gasteiger charge is -2.00. The fourth-order valence-electron chi connectivity index (χ4n) is 0.881. The molecular weight excluding hydrogens is 187 g/mol. The van der Waals surface area contributed by atoms with Crippen molar-refractivity contribution in [2.24, 2.45) is 10.7 Å². The molecule has 0 aliphatic carbocycles. The first kappa shape index (κ1) is 10.2. The minimum absolute atomic E-state index is 0.227. The maximum Gasteiger partial charge on any atom is 0.371 e. The van der Waals surface area contributed by atoms with Crippen molar-refractivity contribution in [3.05, 3.63) is 29.6 Å². The topological polar surface area (TPSA) is 75.7 Å². The summed E-state index contributed by atoms with van der Waals surface area (Å²) < 4.78 is 12.7. The molecule has 74 valence electrons. The number of nitrogens with zero attached hydrogens (tertiary/aromatic N) is 1. The van der Waals surface area contributed by atoms with Crippen LogP contribution in [-0.4, -0.2) is 16.9 Å². The van der Waals surface area contributed by atoms with Crippen LogP contribution in [0.5, 0.6) is 0 Å². The van der Waals surface area contributed by atoms with E-state index in [-0.39, 0.29) is 5.69 Å². The zero-order valence-corrected chi connectivity index (χ0v) is 7.49. The number of amidine groups is 1. The van der Waals surface area contributed by atoms with Gasteiger partial charge in [0.1, 0.15) is 5.82 Å². The van der Waals surface area contributed by atoms with Crippen LogP contribution >= 0.6 is 0 Å². The number of halogens is 1. The molecule has 0 aliphatic heterocycles. The van der Waals surface area contributed by atoms with Gasteiger partial charge in [0.25, 0.3) is 0 Å². The van der Waals surface area contributed by atoms with Gasteiger partial charge in [-0.15, -0.1) is 0 Å². The van der Waals surface area contributed by atoms with Gasteiger partial charge in [-0.1, -0.05) is 6.07 Å². The van der Waals surface area contributed by atoms with Gasteiger partial charge in [-0.3, -0.25) is 0 Å². The van der Waals surface area contributed by atoms with Crippen LogP contribution < -0.4 is 5.73 Å². The number of rotatable bonds is 1. The number of aryl methyl sites for hydroxylation is 1. The van der Waals surface area contributed by atoms with Gasteiger partial charge in [0, 0.05) is 0 Å². The van der Waals surface area contributed by atoms with Crippen molar-refractivity contribution >= 4 is 17.5 Å². The van der Waals surface area contributed by atoms with E-state index in [2.05, 4.69) is 4.99 Å². The minimum atomic E-state index is -1.33. The molecule has 0 heterocycles. The van der Waals surface area contributed by atoms with Crippen LogP contribution in [0, 0.1) is 12.7 Å². The molecule has 0 radical (unpaired) electrons. The van der Waals surface area contributed by atoms with Crippen molar-refractivity contribution in [2.75, 3.05) is 0 Å². The van der Waals surface area contributed by atoms with Gasteiger partial charge in [-0.25, -0.2) is 14.2 Å². The van der Waals surface area contributed by atoms with E-state index in [1.165, 1.54) is 12.1 Å². The number of carbonyl (C=O) groups is 1. The van der Waals surface area contributed by atoms with Crippen molar-refractivity contribution in [3.63, 3.8) is 0 Å². The molecule has 5 heteroatoms. The molecule has 4 nitrogen and oxygen atoms in total. The summed E-state index contributed by atoms with van der Waals surface area (Å²) in [7, 11) is 0. The first-order chi connectivity index (χ1) is 6.50. The average Bonchev–Trinajstić information content (AvgIpc) is 2.11. The number of aliphatic carboxylic acids is 1. The summed E-state index contributed by atoms with van der Waals surface area (Å²) in [5.41, 5.74) is 5.98. The molecule has 0 fully saturated rings. The molecule has 3 N–H and O–H groups in total. The fraction of sp³-hybridized carbons (Fsp3) is 0.111. The van der Waals surface area contributed by atoms with Crippen LogP contribution in [0.15, 0.2) is 23.2 Å². The summed E-state index contributed by atoms with van der Waals surface area (Å²) in [5.74, 6) is -2.36. The zero-order chi connectivity index (χ0) is 10.7. The lowest BCUT2D eigenvalue weighted by atomic mass is 10.2. The quantitative estimate of drug-likeness (QED) is 0.523. The van der Waals surface area contributed by atoms with E-state index >= 15 is 0 Å². The second-order valence-corrected chi connectivity index (χ2v) is 2.73. The first-order valence-electron chi connectivity index (χ1n) is 3.84. The molecule has 0 bridgehead atoms. The highest BCUT2D eigenvalue weighted by atomic mass is 19.1. The van der Waals surface area contributed by atoms with Crippen LogP contribution in [0.1, 0.15) is 5.56 Å². The summed E-state index contributed by atoms with van der Waals surface area (Å²) in [4.78, 5) is 13.9. The second-order valence-electron chi connectivity index (χ2n) is 2.73. The van der Waals surface area contributed by atoms with E-state index in [1.807, 2.05) is 0 Å². The maximum atomic E-state index is 12.7. The molecule has 0 saturated heterocycles. The second kappa shape index (κ2) is 3.87. The number of carboxylic acids is 1. The fourth-order valence-corrected chi connectivity index (χ4v) is 0.881. The van der Waals surface area contributed by atoms with E-state index in [4.69, 9.17) is 10.8 Å². The largest absolute Gasteiger partial charge is 0.475 e. The Hall–Kier alpha value is -1.91. The third-order valence-electron chi connectivity index (χ3n) is 1.63. The molecule has 0 unspecified atom stereocenters. The van der Waals surface area contributed by atoms with Crippen LogP contribution in [0.4, 0.5) is 10.1 Å². The Morgan fingerprint density at radius 2 is 2.21 bits per heavy atom. The van der Waals surface area contributed by atoms with Crippen LogP contribution in [0.25, 0.3) is 0 Å². The van der Waals surface area contributed by atoms with Crippen LogP contribution in [0.2, 0.25) is 0 Å². The molecule has 1 aromatic carbocycles. The Labute approximate surface area is 79.9 Å². The Balaban J connectivity index is 3.13. The standard InChI is InChI=1S/C9H9FN2O2/c1-5-2-3-6(10)4-7(5)12-8(11)9(13)14/h2-4H,1H3,(H2,11,12)(H,13,14). The zero-order valence-electron chi connectivity index (χ0n) is 7.49. The molecule has 0 aromatic heterocycles. The number of aliphatic imine (C=N–C) groups is 1. The molecular formula is C9H9FN2O2. The summed E-state index contributed by atoms with van der Waals surface area (Å²) >= 11 is 0. The highest BCUT2D eigenvalue weighted by molar-refractivity contribution is 6.34. The summed E-state index contributed by atoms with van der Waals surface area (Å²) in [5, 5.41) is 8.45. The van der Waals surface area contributed by atoms with E-state index in [0.29, 0.717) is 5.56 Å². The van der Waals surface area contributed by atoms with Crippen molar-refractivity contribution in [3.8, 4) is 0 Å². The maximum absolute atomic E-state index is 12.7. The molecule has 0 amide bonds. The molecule has 14 heavy (non-hydrogen) atoms. The normalized spacial score (nSPS) is 11.4. The SMILES string of the molecule is Cc1ccc(F)cc1N=C(N)C(=O)O. The first-order valence-corrected chi connectivity index (χ1v) is 3.84. The van der Waals surface area contributed by atoms with Crippen LogP contribution in [0.3, 0.4) is 0 Å². The predicted octanol–water partition coefficient (Wildman–Crippen LogP) is 1.21. The molecule has 0 aliphatic rings. The summed E-state index contributed by atoms with van der Waals surface area (Å²) in [6.45, 7) is 1.69. The van der Waals surface area contributed by atoms with Gasteiger partial charge in [0.05, 0.1) is 5.69 Å². The monoisotopic (exact) mass is 196 g/mol. The van der Waals surface area contributed by atoms with Crippen LogP contribution in [-0.2, 0) is 4.79 Å². The van der Waals surface area contributed by atoms with Crippen molar-refractivity contribution in [1.82, 2.24) is 0 Å². The van der Waals surface area contributed by atoms with Crippen molar-refractivity contribution < 1.29 is 14.3 Å². The van der Waals surface area contributed by atoms with Gasteiger partial charge >= 0.3 is 5.97 Å². The third-order valence-corrected chi connectivity index (χ3v) is 1.63. The van der Waals surface area contributed by atoms with Crippen molar-refractivity contribution in [1.29, 1.82) is 0 Å². The van der Waals surface area contributed by atoms with Gasteiger partial charge < -0.3 is 10.8 Å². The Morgan fingerprint density at radius 3 is 2.79 bits per heavy atom. The van der Waals surface area contributed by atoms with Gasteiger partial charge in [0.15, 0.2) is 0 Å². The lowest BCUT2D eigenvalue weighted by molar-refractivity contribution is -0.129. The van der Waals surface area contributed by atoms with E-state index in [0.717, 1.165) is 6.07 Å². The Bertz CT molecular complexity index is 402. The lowest BCUT2D eigenvalue weighted by Crippen LogP contribution is -2.22. The van der Waals surface area contributed by atoms with Gasteiger partial charge in [-0.05, 0) is 24.6 Å². The number of benzene rings is 1. The van der Waals surface area contributed by atoms with Crippen molar-refractivity contribution in [2.45, 2.75) is 6.92 Å². The van der Waals surface area contributed by atoms with E-state index in [9.17, 15) is 9.18 Å². The average molecular weight is 196 g/mol. The molecule has 1 aromatic rings. The van der Waals surface area contributed by atoms with E-state index < -0.39 is 17.6 Å². The third kappa shape index (κ3) is 2.29. The minimum Gasteiger partial charge on any atom is -0.475 e. The van der Waals surface area contributed by atoms with E-state index in [1.54, 1.807) is 6.92 Å². The smallest absolute Gasteiger partial charge is 0.371 e. The number of nitrogens with two attached hydrogens (primary N) is 1. The Morgan fingerprint density at radius 1 is 1.57 bits per heavy atom. The molecule has 0 saturated carbocycles. The number of hydrogen-bond donors (Lipinski definition) is 2. The summed E-state index contributed by atoms with van der Waals surface area (Å²) in [6, 6.07) is 3.90. The highest BCUT2D eigenvalue weighted by Crippen LogP contribution is 2.19. The number of carboxylic acid groups (broad SMARTS) is 1. The molecule has 0 atom stereocenters. The molecule has 0 spiro atoms. The van der Waals surface area contributed by atoms with Gasteiger partial charge in [-0.2, -0.15) is 0 Å². The Kier molecular flexibility index (Phi) is 2.81. The number of hydrogen-bond acceptors (Lipinski definition) is 2. The van der Waals surface area contributed by atoms with Gasteiger partial charge in [0.2, 0.25) is 5.84 Å². The summed E-state index contributed by atoms with van der Waals surface area (Å²) in [6.07, 6.45) is 0. The molecule has 1 rings (SSSR count). The highest BCUT2D eigenvalue weighted by Gasteiger charge is 2.05. The predicted molar refractivity (Wildman–Crippen MR) is 50.1 cm³/mol.